The first kappa shape index (κ1) is 14.5. The molecular weight excluding hydrogens is 232 g/mol. The van der Waals surface area contributed by atoms with Gasteiger partial charge in [-0.3, -0.25) is 9.48 Å². The van der Waals surface area contributed by atoms with Crippen LogP contribution in [0.1, 0.15) is 20.3 Å². The number of rotatable bonds is 7. The van der Waals surface area contributed by atoms with Crippen molar-refractivity contribution < 1.29 is 9.53 Å². The van der Waals surface area contributed by atoms with Crippen LogP contribution in [0.3, 0.4) is 0 Å². The summed E-state index contributed by atoms with van der Waals surface area (Å²) in [5.41, 5.74) is 0.693. The van der Waals surface area contributed by atoms with E-state index in [0.717, 1.165) is 12.1 Å². The average molecular weight is 254 g/mol. The van der Waals surface area contributed by atoms with Crippen molar-refractivity contribution in [3.8, 4) is 0 Å². The van der Waals surface area contributed by atoms with Gasteiger partial charge in [0.2, 0.25) is 5.91 Å². The van der Waals surface area contributed by atoms with Crippen molar-refractivity contribution in [1.29, 1.82) is 0 Å². The molecule has 0 saturated carbocycles. The van der Waals surface area contributed by atoms with E-state index in [-0.39, 0.29) is 18.1 Å². The maximum absolute atomic E-state index is 11.2. The zero-order chi connectivity index (χ0) is 13.6. The first-order chi connectivity index (χ1) is 8.53. The van der Waals surface area contributed by atoms with Crippen LogP contribution in [0.4, 0.5) is 5.69 Å². The molecule has 6 heteroatoms. The minimum atomic E-state index is -0.192. The zero-order valence-corrected chi connectivity index (χ0v) is 11.5. The Morgan fingerprint density at radius 2 is 2.33 bits per heavy atom. The van der Waals surface area contributed by atoms with Gasteiger partial charge in [0.1, 0.15) is 6.54 Å². The van der Waals surface area contributed by atoms with Crippen LogP contribution in [0.2, 0.25) is 0 Å². The molecule has 0 saturated heterocycles. The molecule has 1 aromatic heterocycles. The molecule has 6 nitrogen and oxygen atoms in total. The Balaban J connectivity index is 2.51. The molecule has 18 heavy (non-hydrogen) atoms. The van der Waals surface area contributed by atoms with E-state index in [0.29, 0.717) is 6.54 Å². The lowest BCUT2D eigenvalue weighted by molar-refractivity contribution is -0.121. The highest BCUT2D eigenvalue weighted by atomic mass is 16.5. The van der Waals surface area contributed by atoms with Gasteiger partial charge in [0.25, 0.3) is 0 Å². The minimum absolute atomic E-state index is 0.0695. The summed E-state index contributed by atoms with van der Waals surface area (Å²) in [7, 11) is 3.32. The van der Waals surface area contributed by atoms with Gasteiger partial charge in [-0.15, -0.1) is 0 Å². The van der Waals surface area contributed by atoms with E-state index in [9.17, 15) is 4.79 Å². The number of amides is 1. The number of carbonyl (C=O) groups is 1. The second kappa shape index (κ2) is 6.39. The minimum Gasteiger partial charge on any atom is -0.380 e. The second-order valence-corrected chi connectivity index (χ2v) is 4.46. The second-order valence-electron chi connectivity index (χ2n) is 4.46. The van der Waals surface area contributed by atoms with Crippen LogP contribution in [0, 0.1) is 0 Å². The van der Waals surface area contributed by atoms with Gasteiger partial charge in [0.15, 0.2) is 0 Å². The lowest BCUT2D eigenvalue weighted by atomic mass is 10.0. The molecule has 0 aliphatic carbocycles. The third kappa shape index (κ3) is 4.03. The maximum atomic E-state index is 11.2. The normalized spacial score (nSPS) is 14.0. The highest BCUT2D eigenvalue weighted by Gasteiger charge is 2.20. The van der Waals surface area contributed by atoms with E-state index in [2.05, 4.69) is 29.6 Å². The number of ether oxygens (including phenoxy) is 1. The van der Waals surface area contributed by atoms with Crippen molar-refractivity contribution in [1.82, 2.24) is 15.1 Å². The van der Waals surface area contributed by atoms with Gasteiger partial charge in [-0.1, -0.05) is 6.92 Å². The molecular formula is C12H22N4O2. The van der Waals surface area contributed by atoms with Crippen molar-refractivity contribution in [2.24, 2.45) is 0 Å². The van der Waals surface area contributed by atoms with Crippen molar-refractivity contribution in [3.63, 3.8) is 0 Å². The molecule has 1 heterocycles. The third-order valence-corrected chi connectivity index (χ3v) is 3.12. The fourth-order valence-corrected chi connectivity index (χ4v) is 1.40. The molecule has 1 atom stereocenters. The summed E-state index contributed by atoms with van der Waals surface area (Å²) in [5, 5.41) is 9.92. The van der Waals surface area contributed by atoms with Crippen LogP contribution in [0.5, 0.6) is 0 Å². The summed E-state index contributed by atoms with van der Waals surface area (Å²) in [5.74, 6) is -0.0695. The molecule has 0 radical (unpaired) electrons. The first-order valence-corrected chi connectivity index (χ1v) is 6.05. The molecule has 0 aliphatic heterocycles. The molecule has 2 N–H and O–H groups in total. The number of nitrogens with one attached hydrogen (secondary N) is 2. The van der Waals surface area contributed by atoms with Crippen LogP contribution in [-0.4, -0.2) is 42.0 Å². The summed E-state index contributed by atoms with van der Waals surface area (Å²) in [6.45, 7) is 5.06. The smallest absolute Gasteiger partial charge is 0.241 e. The fraction of sp³-hybridized carbons (Fsp3) is 0.667. The van der Waals surface area contributed by atoms with Gasteiger partial charge < -0.3 is 15.4 Å². The van der Waals surface area contributed by atoms with Gasteiger partial charge in [0, 0.05) is 26.9 Å². The Labute approximate surface area is 108 Å². The molecule has 1 rings (SSSR count). The number of hydrogen-bond donors (Lipinski definition) is 2. The average Bonchev–Trinajstić information content (AvgIpc) is 2.83. The molecule has 1 amide bonds. The van der Waals surface area contributed by atoms with E-state index in [4.69, 9.17) is 4.74 Å². The van der Waals surface area contributed by atoms with Crippen LogP contribution in [0.25, 0.3) is 0 Å². The van der Waals surface area contributed by atoms with Crippen LogP contribution in [-0.2, 0) is 16.1 Å². The number of nitrogens with zero attached hydrogens (tertiary/aromatic N) is 2. The molecule has 1 unspecified atom stereocenters. The van der Waals surface area contributed by atoms with E-state index in [1.165, 1.54) is 0 Å². The predicted octanol–water partition coefficient (Wildman–Crippen LogP) is 0.856. The zero-order valence-electron chi connectivity index (χ0n) is 11.5. The Morgan fingerprint density at radius 3 is 2.89 bits per heavy atom. The molecule has 0 aliphatic rings. The highest BCUT2D eigenvalue weighted by molar-refractivity contribution is 5.75. The van der Waals surface area contributed by atoms with Gasteiger partial charge in [-0.25, -0.2) is 0 Å². The standard InChI is InChI=1S/C12H22N4O2/c1-5-12(2,18-4)9-14-10-6-15-16(7-10)8-11(17)13-3/h6-7,14H,5,8-9H2,1-4H3,(H,13,17). The van der Waals surface area contributed by atoms with Gasteiger partial charge in [0.05, 0.1) is 17.5 Å². The molecule has 0 fully saturated rings. The number of hydrogen-bond acceptors (Lipinski definition) is 4. The van der Waals surface area contributed by atoms with E-state index >= 15 is 0 Å². The molecule has 0 spiro atoms. The topological polar surface area (TPSA) is 68.2 Å². The van der Waals surface area contributed by atoms with Gasteiger partial charge >= 0.3 is 0 Å². The monoisotopic (exact) mass is 254 g/mol. The van der Waals surface area contributed by atoms with E-state index in [1.807, 2.05) is 0 Å². The Kier molecular flexibility index (Phi) is 5.15. The highest BCUT2D eigenvalue weighted by Crippen LogP contribution is 2.15. The Morgan fingerprint density at radius 1 is 1.61 bits per heavy atom. The fourth-order valence-electron chi connectivity index (χ4n) is 1.40. The summed E-state index contributed by atoms with van der Waals surface area (Å²) in [4.78, 5) is 11.2. The predicted molar refractivity (Wildman–Crippen MR) is 70.5 cm³/mol. The van der Waals surface area contributed by atoms with Crippen LogP contribution >= 0.6 is 0 Å². The number of methoxy groups -OCH3 is 1. The molecule has 1 aromatic rings. The Hall–Kier alpha value is -1.56. The third-order valence-electron chi connectivity index (χ3n) is 3.12. The molecule has 0 bridgehead atoms. The van der Waals surface area contributed by atoms with Crippen molar-refractivity contribution in [2.45, 2.75) is 32.4 Å². The quantitative estimate of drug-likeness (QED) is 0.757. The maximum Gasteiger partial charge on any atom is 0.241 e. The van der Waals surface area contributed by atoms with Crippen molar-refractivity contribution in [3.05, 3.63) is 12.4 Å². The molecule has 0 aromatic carbocycles. The lowest BCUT2D eigenvalue weighted by Crippen LogP contribution is -2.34. The number of anilines is 1. The summed E-state index contributed by atoms with van der Waals surface area (Å²) in [6.07, 6.45) is 4.43. The lowest BCUT2D eigenvalue weighted by Gasteiger charge is -2.26. The number of likely N-dealkylation sites (N-methyl/N-ethyl adjacent to an activating group) is 1. The first-order valence-electron chi connectivity index (χ1n) is 6.05. The molecule has 102 valence electrons. The Bertz CT molecular complexity index is 385. The summed E-state index contributed by atoms with van der Waals surface area (Å²) in [6, 6.07) is 0. The van der Waals surface area contributed by atoms with E-state index in [1.54, 1.807) is 31.2 Å². The largest absolute Gasteiger partial charge is 0.380 e. The van der Waals surface area contributed by atoms with Crippen LogP contribution < -0.4 is 10.6 Å². The number of carbonyl (C=O) groups excluding carboxylic acids is 1. The van der Waals surface area contributed by atoms with Crippen molar-refractivity contribution in [2.75, 3.05) is 26.0 Å². The van der Waals surface area contributed by atoms with Gasteiger partial charge in [-0.05, 0) is 13.3 Å². The summed E-state index contributed by atoms with van der Waals surface area (Å²) >= 11 is 0. The van der Waals surface area contributed by atoms with Gasteiger partial charge in [-0.2, -0.15) is 5.10 Å². The van der Waals surface area contributed by atoms with Crippen molar-refractivity contribution >= 4 is 11.6 Å². The number of aromatic nitrogens is 2. The van der Waals surface area contributed by atoms with Crippen LogP contribution in [0.15, 0.2) is 12.4 Å². The van der Waals surface area contributed by atoms with E-state index < -0.39 is 0 Å². The summed E-state index contributed by atoms with van der Waals surface area (Å²) < 4.78 is 7.04. The SMILES string of the molecule is CCC(C)(CNc1cnn(CC(=O)NC)c1)OC.